The first kappa shape index (κ1) is 20.0. The number of ether oxygens (including phenoxy) is 1. The molecule has 0 aliphatic carbocycles. The number of piperazine rings is 1. The summed E-state index contributed by atoms with van der Waals surface area (Å²) < 4.78 is 5.58. The fraction of sp³-hybridized carbons (Fsp3) is 0.350. The maximum Gasteiger partial charge on any atom is 0.253 e. The summed E-state index contributed by atoms with van der Waals surface area (Å²) in [6.45, 7) is 3.35. The second-order valence-electron chi connectivity index (χ2n) is 6.50. The van der Waals surface area contributed by atoms with Gasteiger partial charge in [-0.25, -0.2) is 0 Å². The smallest absolute Gasteiger partial charge is 0.253 e. The molecule has 1 atom stereocenters. The lowest BCUT2D eigenvalue weighted by atomic mass is 10.2. The zero-order chi connectivity index (χ0) is 19.2. The van der Waals surface area contributed by atoms with Crippen molar-refractivity contribution in [1.82, 2.24) is 9.80 Å². The van der Waals surface area contributed by atoms with Crippen LogP contribution in [-0.4, -0.2) is 66.2 Å². The second-order valence-corrected chi connectivity index (χ2v) is 7.34. The van der Waals surface area contributed by atoms with Crippen LogP contribution in [0.15, 0.2) is 48.5 Å². The molecule has 0 radical (unpaired) electrons. The van der Waals surface area contributed by atoms with Gasteiger partial charge in [-0.1, -0.05) is 41.4 Å². The van der Waals surface area contributed by atoms with Gasteiger partial charge in [-0.2, -0.15) is 0 Å². The van der Waals surface area contributed by atoms with Crippen LogP contribution < -0.4 is 4.74 Å². The zero-order valence-electron chi connectivity index (χ0n) is 14.9. The Balaban J connectivity index is 1.42. The van der Waals surface area contributed by atoms with E-state index in [4.69, 9.17) is 27.9 Å². The lowest BCUT2D eigenvalue weighted by Gasteiger charge is -2.35. The maximum atomic E-state index is 12.5. The summed E-state index contributed by atoms with van der Waals surface area (Å²) >= 11 is 11.9. The Labute approximate surface area is 169 Å². The van der Waals surface area contributed by atoms with Crippen LogP contribution in [0.1, 0.15) is 10.4 Å². The molecule has 3 rings (SSSR count). The Kier molecular flexibility index (Phi) is 6.96. The van der Waals surface area contributed by atoms with Crippen molar-refractivity contribution in [1.29, 1.82) is 0 Å². The van der Waals surface area contributed by atoms with Gasteiger partial charge in [0, 0.05) is 43.3 Å². The highest BCUT2D eigenvalue weighted by Gasteiger charge is 2.23. The van der Waals surface area contributed by atoms with E-state index in [-0.39, 0.29) is 12.5 Å². The number of aliphatic hydroxyl groups is 1. The zero-order valence-corrected chi connectivity index (χ0v) is 16.4. The molecule has 1 heterocycles. The van der Waals surface area contributed by atoms with E-state index in [9.17, 15) is 9.90 Å². The first-order chi connectivity index (χ1) is 13.0. The number of benzene rings is 2. The third-order valence-corrected chi connectivity index (χ3v) is 5.00. The van der Waals surface area contributed by atoms with E-state index < -0.39 is 6.10 Å². The molecule has 2 aromatic rings. The van der Waals surface area contributed by atoms with Gasteiger partial charge >= 0.3 is 0 Å². The molecular weight excluding hydrogens is 387 g/mol. The fourth-order valence-corrected chi connectivity index (χ4v) is 3.49. The van der Waals surface area contributed by atoms with Crippen molar-refractivity contribution in [2.24, 2.45) is 0 Å². The van der Waals surface area contributed by atoms with Crippen molar-refractivity contribution in [3.05, 3.63) is 64.1 Å². The third kappa shape index (κ3) is 5.59. The van der Waals surface area contributed by atoms with Crippen LogP contribution in [0.4, 0.5) is 0 Å². The number of carbonyl (C=O) groups is 1. The number of hydrogen-bond donors (Lipinski definition) is 1. The summed E-state index contributed by atoms with van der Waals surface area (Å²) in [6, 6.07) is 14.3. The molecule has 0 spiro atoms. The van der Waals surface area contributed by atoms with Crippen LogP contribution in [0.2, 0.25) is 10.0 Å². The molecule has 1 fully saturated rings. The summed E-state index contributed by atoms with van der Waals surface area (Å²) in [6.07, 6.45) is -0.645. The highest BCUT2D eigenvalue weighted by atomic mass is 35.5. The van der Waals surface area contributed by atoms with Crippen LogP contribution in [-0.2, 0) is 0 Å². The molecular formula is C20H22Cl2N2O3. The van der Waals surface area contributed by atoms with E-state index in [2.05, 4.69) is 4.90 Å². The van der Waals surface area contributed by atoms with Crippen molar-refractivity contribution < 1.29 is 14.6 Å². The van der Waals surface area contributed by atoms with Gasteiger partial charge in [-0.15, -0.1) is 0 Å². The van der Waals surface area contributed by atoms with E-state index in [1.165, 1.54) is 0 Å². The number of halogens is 2. The molecule has 0 unspecified atom stereocenters. The summed E-state index contributed by atoms with van der Waals surface area (Å²) in [5, 5.41) is 11.2. The molecule has 0 aromatic heterocycles. The van der Waals surface area contributed by atoms with Crippen molar-refractivity contribution in [3.63, 3.8) is 0 Å². The normalized spacial score (nSPS) is 16.2. The molecule has 1 N–H and O–H groups in total. The first-order valence-electron chi connectivity index (χ1n) is 8.85. The Bertz CT molecular complexity index is 765. The monoisotopic (exact) mass is 408 g/mol. The summed E-state index contributed by atoms with van der Waals surface area (Å²) in [5.41, 5.74) is 0.708. The van der Waals surface area contributed by atoms with Gasteiger partial charge < -0.3 is 14.7 Å². The summed E-state index contributed by atoms with van der Waals surface area (Å²) in [7, 11) is 0. The van der Waals surface area contributed by atoms with Crippen LogP contribution in [0, 0.1) is 0 Å². The van der Waals surface area contributed by atoms with E-state index in [0.717, 1.165) is 13.1 Å². The van der Waals surface area contributed by atoms with Crippen LogP contribution in [0.3, 0.4) is 0 Å². The standard InChI is InChI=1S/C20H22Cl2N2O3/c21-16-6-7-19(18(22)12-16)27-14-17(25)13-23-8-10-24(11-9-23)20(26)15-4-2-1-3-5-15/h1-7,12,17,25H,8-11,13-14H2/t17-/m0/s1. The SMILES string of the molecule is O=C(c1ccccc1)N1CCN(C[C@H](O)COc2ccc(Cl)cc2Cl)CC1. The Morgan fingerprint density at radius 1 is 1.07 bits per heavy atom. The predicted molar refractivity (Wildman–Crippen MR) is 107 cm³/mol. The lowest BCUT2D eigenvalue weighted by Crippen LogP contribution is -2.50. The molecule has 0 bridgehead atoms. The minimum atomic E-state index is -0.645. The molecule has 1 amide bonds. The Morgan fingerprint density at radius 2 is 1.78 bits per heavy atom. The van der Waals surface area contributed by atoms with Gasteiger partial charge in [0.1, 0.15) is 18.5 Å². The quantitative estimate of drug-likeness (QED) is 0.797. The Morgan fingerprint density at radius 3 is 2.44 bits per heavy atom. The molecule has 1 aliphatic heterocycles. The van der Waals surface area contributed by atoms with Gasteiger partial charge in [0.2, 0.25) is 0 Å². The van der Waals surface area contributed by atoms with Crippen molar-refractivity contribution >= 4 is 29.1 Å². The second kappa shape index (κ2) is 9.42. The third-order valence-electron chi connectivity index (χ3n) is 4.47. The average Bonchev–Trinajstić information content (AvgIpc) is 2.68. The van der Waals surface area contributed by atoms with Gasteiger partial charge in [-0.3, -0.25) is 9.69 Å². The number of aliphatic hydroxyl groups excluding tert-OH is 1. The van der Waals surface area contributed by atoms with Crippen molar-refractivity contribution in [2.75, 3.05) is 39.3 Å². The number of amides is 1. The average molecular weight is 409 g/mol. The summed E-state index contributed by atoms with van der Waals surface area (Å²) in [4.78, 5) is 16.4. The number of hydrogen-bond acceptors (Lipinski definition) is 4. The predicted octanol–water partition coefficient (Wildman–Crippen LogP) is 3.19. The fourth-order valence-electron chi connectivity index (χ4n) is 3.03. The number of rotatable bonds is 6. The molecule has 27 heavy (non-hydrogen) atoms. The highest BCUT2D eigenvalue weighted by molar-refractivity contribution is 6.35. The molecule has 2 aromatic carbocycles. The number of β-amino-alcohol motifs (C(OH)–C–C–N with tert-alkyl or cyclic N) is 1. The van der Waals surface area contributed by atoms with E-state index in [1.807, 2.05) is 35.2 Å². The minimum Gasteiger partial charge on any atom is -0.489 e. The molecule has 144 valence electrons. The van der Waals surface area contributed by atoms with Crippen molar-refractivity contribution in [2.45, 2.75) is 6.10 Å². The number of carbonyl (C=O) groups excluding carboxylic acids is 1. The Hall–Kier alpha value is -1.79. The topological polar surface area (TPSA) is 53.0 Å². The van der Waals surface area contributed by atoms with Gasteiger partial charge in [0.05, 0.1) is 5.02 Å². The van der Waals surface area contributed by atoms with E-state index in [0.29, 0.717) is 41.0 Å². The molecule has 5 nitrogen and oxygen atoms in total. The largest absolute Gasteiger partial charge is 0.489 e. The molecule has 1 aliphatic rings. The van der Waals surface area contributed by atoms with Gasteiger partial charge in [0.15, 0.2) is 0 Å². The lowest BCUT2D eigenvalue weighted by molar-refractivity contribution is 0.0404. The molecule has 0 saturated carbocycles. The van der Waals surface area contributed by atoms with Crippen LogP contribution in [0.25, 0.3) is 0 Å². The van der Waals surface area contributed by atoms with E-state index >= 15 is 0 Å². The molecule has 1 saturated heterocycles. The molecule has 7 heteroatoms. The highest BCUT2D eigenvalue weighted by Crippen LogP contribution is 2.27. The number of nitrogens with zero attached hydrogens (tertiary/aromatic N) is 2. The van der Waals surface area contributed by atoms with Crippen molar-refractivity contribution in [3.8, 4) is 5.75 Å². The van der Waals surface area contributed by atoms with Gasteiger partial charge in [0.25, 0.3) is 5.91 Å². The summed E-state index contributed by atoms with van der Waals surface area (Å²) in [5.74, 6) is 0.551. The maximum absolute atomic E-state index is 12.5. The first-order valence-corrected chi connectivity index (χ1v) is 9.61. The van der Waals surface area contributed by atoms with Crippen LogP contribution in [0.5, 0.6) is 5.75 Å². The minimum absolute atomic E-state index is 0.0523. The van der Waals surface area contributed by atoms with E-state index in [1.54, 1.807) is 18.2 Å². The van der Waals surface area contributed by atoms with Crippen LogP contribution >= 0.6 is 23.2 Å². The van der Waals surface area contributed by atoms with Gasteiger partial charge in [-0.05, 0) is 30.3 Å².